The summed E-state index contributed by atoms with van der Waals surface area (Å²) in [7, 11) is 0. The van der Waals surface area contributed by atoms with Crippen LogP contribution in [0.4, 0.5) is 0 Å². The Labute approximate surface area is 158 Å². The first-order valence-electron chi connectivity index (χ1n) is 8.90. The zero-order valence-corrected chi connectivity index (χ0v) is 15.0. The van der Waals surface area contributed by atoms with Gasteiger partial charge in [-0.1, -0.05) is 84.9 Å². The molecule has 0 radical (unpaired) electrons. The minimum absolute atomic E-state index is 0.205. The first kappa shape index (κ1) is 18.4. The lowest BCUT2D eigenvalue weighted by atomic mass is 10.0. The topological polar surface area (TPSA) is 72.2 Å². The average molecular weight is 358 g/mol. The fourth-order valence-electron chi connectivity index (χ4n) is 2.93. The van der Waals surface area contributed by atoms with E-state index in [-0.39, 0.29) is 12.3 Å². The first-order chi connectivity index (χ1) is 13.1. The Bertz CT molecular complexity index is 964. The van der Waals surface area contributed by atoms with Crippen molar-refractivity contribution in [1.82, 2.24) is 5.32 Å². The number of carbonyl (C=O) groups is 2. The average Bonchev–Trinajstić information content (AvgIpc) is 2.68. The second-order valence-electron chi connectivity index (χ2n) is 6.43. The second-order valence-corrected chi connectivity index (χ2v) is 6.43. The lowest BCUT2D eigenvalue weighted by Gasteiger charge is -2.14. The summed E-state index contributed by atoms with van der Waals surface area (Å²) < 4.78 is 0. The maximum absolute atomic E-state index is 12.4. The van der Waals surface area contributed by atoms with Crippen LogP contribution in [-0.4, -0.2) is 17.9 Å². The molecule has 3 aromatic carbocycles. The van der Waals surface area contributed by atoms with E-state index < -0.39 is 11.9 Å². The molecule has 136 valence electrons. The minimum atomic E-state index is -0.724. The minimum Gasteiger partial charge on any atom is -0.368 e. The maximum atomic E-state index is 12.4. The van der Waals surface area contributed by atoms with Crippen molar-refractivity contribution in [3.05, 3.63) is 90.0 Å². The van der Waals surface area contributed by atoms with Gasteiger partial charge < -0.3 is 11.1 Å². The summed E-state index contributed by atoms with van der Waals surface area (Å²) in [5.41, 5.74) is 7.37. The highest BCUT2D eigenvalue weighted by Crippen LogP contribution is 2.16. The molecule has 0 aliphatic carbocycles. The normalized spacial score (nSPS) is 12.1. The molecule has 3 rings (SSSR count). The van der Waals surface area contributed by atoms with Crippen molar-refractivity contribution in [2.75, 3.05) is 0 Å². The maximum Gasteiger partial charge on any atom is 0.240 e. The van der Waals surface area contributed by atoms with Crippen LogP contribution in [0, 0.1) is 0 Å². The monoisotopic (exact) mass is 358 g/mol. The molecule has 27 heavy (non-hydrogen) atoms. The van der Waals surface area contributed by atoms with E-state index in [1.54, 1.807) is 0 Å². The summed E-state index contributed by atoms with van der Waals surface area (Å²) in [6.45, 7) is 0. The van der Waals surface area contributed by atoms with Crippen molar-refractivity contribution in [2.45, 2.75) is 18.9 Å². The summed E-state index contributed by atoms with van der Waals surface area (Å²) >= 11 is 0. The third kappa shape index (κ3) is 5.28. The fourth-order valence-corrected chi connectivity index (χ4v) is 2.93. The lowest BCUT2D eigenvalue weighted by molar-refractivity contribution is -0.126. The number of amides is 2. The Morgan fingerprint density at radius 2 is 1.63 bits per heavy atom. The summed E-state index contributed by atoms with van der Waals surface area (Å²) in [4.78, 5) is 24.0. The number of rotatable bonds is 7. The molecule has 3 aromatic rings. The van der Waals surface area contributed by atoms with Crippen LogP contribution in [0.5, 0.6) is 0 Å². The van der Waals surface area contributed by atoms with E-state index in [0.717, 1.165) is 21.9 Å². The van der Waals surface area contributed by atoms with Crippen LogP contribution in [0.2, 0.25) is 0 Å². The molecule has 0 aromatic heterocycles. The van der Waals surface area contributed by atoms with Gasteiger partial charge in [-0.3, -0.25) is 9.59 Å². The SMILES string of the molecule is NC(=O)[C@H](C/C=C/c1ccccc1)NC(=O)Cc1ccc2ccccc2c1. The zero-order valence-electron chi connectivity index (χ0n) is 15.0. The van der Waals surface area contributed by atoms with Gasteiger partial charge in [0, 0.05) is 0 Å². The quantitative estimate of drug-likeness (QED) is 0.679. The molecule has 0 aliphatic rings. The highest BCUT2D eigenvalue weighted by Gasteiger charge is 2.16. The van der Waals surface area contributed by atoms with E-state index in [9.17, 15) is 9.59 Å². The standard InChI is InChI=1S/C23H22N2O2/c24-23(27)21(12-6-9-17-7-2-1-3-8-17)25-22(26)16-18-13-14-19-10-4-5-11-20(19)15-18/h1-11,13-15,21H,12,16H2,(H2,24,27)(H,25,26)/b9-6+/t21-/m0/s1. The highest BCUT2D eigenvalue weighted by atomic mass is 16.2. The molecule has 0 fully saturated rings. The molecule has 3 N–H and O–H groups in total. The molecule has 0 bridgehead atoms. The van der Waals surface area contributed by atoms with Gasteiger partial charge >= 0.3 is 0 Å². The Hall–Kier alpha value is -3.40. The third-order valence-electron chi connectivity index (χ3n) is 4.34. The Morgan fingerprint density at radius 3 is 2.37 bits per heavy atom. The molecule has 1 atom stereocenters. The van der Waals surface area contributed by atoms with E-state index in [2.05, 4.69) is 5.32 Å². The number of benzene rings is 3. The van der Waals surface area contributed by atoms with Crippen LogP contribution in [-0.2, 0) is 16.0 Å². The number of hydrogen-bond donors (Lipinski definition) is 2. The summed E-state index contributed by atoms with van der Waals surface area (Å²) in [5.74, 6) is -0.762. The molecular weight excluding hydrogens is 336 g/mol. The number of nitrogens with two attached hydrogens (primary N) is 1. The van der Waals surface area contributed by atoms with Crippen molar-refractivity contribution < 1.29 is 9.59 Å². The number of carbonyl (C=O) groups excluding carboxylic acids is 2. The molecular formula is C23H22N2O2. The van der Waals surface area contributed by atoms with Gasteiger partial charge in [-0.05, 0) is 28.3 Å². The van der Waals surface area contributed by atoms with Crippen LogP contribution < -0.4 is 11.1 Å². The van der Waals surface area contributed by atoms with Crippen molar-refractivity contribution in [3.63, 3.8) is 0 Å². The van der Waals surface area contributed by atoms with Gasteiger partial charge in [0.05, 0.1) is 6.42 Å². The van der Waals surface area contributed by atoms with Crippen LogP contribution in [0.1, 0.15) is 17.5 Å². The van der Waals surface area contributed by atoms with E-state index in [1.165, 1.54) is 0 Å². The van der Waals surface area contributed by atoms with Crippen LogP contribution in [0.15, 0.2) is 78.9 Å². The Kier molecular flexibility index (Phi) is 6.00. The van der Waals surface area contributed by atoms with Gasteiger partial charge in [0.15, 0.2) is 0 Å². The fraction of sp³-hybridized carbons (Fsp3) is 0.130. The van der Waals surface area contributed by atoms with Crippen LogP contribution in [0.25, 0.3) is 16.8 Å². The number of nitrogens with one attached hydrogen (secondary N) is 1. The van der Waals surface area contributed by atoms with Crippen LogP contribution >= 0.6 is 0 Å². The predicted molar refractivity (Wildman–Crippen MR) is 109 cm³/mol. The van der Waals surface area contributed by atoms with Gasteiger partial charge in [0.25, 0.3) is 0 Å². The molecule has 0 heterocycles. The zero-order chi connectivity index (χ0) is 19.1. The Balaban J connectivity index is 1.60. The van der Waals surface area contributed by atoms with Gasteiger partial charge in [0.2, 0.25) is 11.8 Å². The lowest BCUT2D eigenvalue weighted by Crippen LogP contribution is -2.44. The van der Waals surface area contributed by atoms with Crippen LogP contribution in [0.3, 0.4) is 0 Å². The number of fused-ring (bicyclic) bond motifs is 1. The van der Waals surface area contributed by atoms with Gasteiger partial charge in [-0.25, -0.2) is 0 Å². The number of primary amides is 1. The van der Waals surface area contributed by atoms with Gasteiger partial charge in [-0.2, -0.15) is 0 Å². The van der Waals surface area contributed by atoms with Crippen molar-refractivity contribution in [1.29, 1.82) is 0 Å². The largest absolute Gasteiger partial charge is 0.368 e. The molecule has 4 nitrogen and oxygen atoms in total. The first-order valence-corrected chi connectivity index (χ1v) is 8.90. The molecule has 2 amide bonds. The molecule has 4 heteroatoms. The summed E-state index contributed by atoms with van der Waals surface area (Å²) in [6, 6.07) is 22.9. The molecule has 0 spiro atoms. The highest BCUT2D eigenvalue weighted by molar-refractivity contribution is 5.89. The predicted octanol–water partition coefficient (Wildman–Crippen LogP) is 3.46. The molecule has 0 aliphatic heterocycles. The molecule has 0 saturated carbocycles. The Morgan fingerprint density at radius 1 is 0.926 bits per heavy atom. The smallest absolute Gasteiger partial charge is 0.240 e. The van der Waals surface area contributed by atoms with Gasteiger partial charge in [-0.15, -0.1) is 0 Å². The van der Waals surface area contributed by atoms with E-state index in [1.807, 2.05) is 84.9 Å². The van der Waals surface area contributed by atoms with Crippen molar-refractivity contribution in [2.24, 2.45) is 5.73 Å². The molecule has 0 saturated heterocycles. The summed E-state index contributed by atoms with van der Waals surface area (Å²) in [6.07, 6.45) is 4.32. The van der Waals surface area contributed by atoms with Crippen molar-refractivity contribution in [3.8, 4) is 0 Å². The number of hydrogen-bond acceptors (Lipinski definition) is 2. The third-order valence-corrected chi connectivity index (χ3v) is 4.34. The summed E-state index contributed by atoms with van der Waals surface area (Å²) in [5, 5.41) is 4.95. The van der Waals surface area contributed by atoms with E-state index in [4.69, 9.17) is 5.73 Å². The van der Waals surface area contributed by atoms with Crippen molar-refractivity contribution >= 4 is 28.7 Å². The van der Waals surface area contributed by atoms with E-state index >= 15 is 0 Å². The second kappa shape index (κ2) is 8.81. The molecule has 0 unspecified atom stereocenters. The van der Waals surface area contributed by atoms with Gasteiger partial charge in [0.1, 0.15) is 6.04 Å². The van der Waals surface area contributed by atoms with E-state index in [0.29, 0.717) is 6.42 Å².